The first-order valence-electron chi connectivity index (χ1n) is 9.67. The highest BCUT2D eigenvalue weighted by Gasteiger charge is 2.10. The molecule has 27 heavy (non-hydrogen) atoms. The number of fused-ring (bicyclic) bond motifs is 1. The third-order valence-electron chi connectivity index (χ3n) is 5.16. The number of aromatic nitrogens is 2. The lowest BCUT2D eigenvalue weighted by Crippen LogP contribution is -2.23. The summed E-state index contributed by atoms with van der Waals surface area (Å²) in [6.45, 7) is 4.33. The van der Waals surface area contributed by atoms with Crippen molar-refractivity contribution in [3.8, 4) is 0 Å². The zero-order chi connectivity index (χ0) is 18.5. The van der Waals surface area contributed by atoms with Gasteiger partial charge in [0, 0.05) is 29.5 Å². The third kappa shape index (κ3) is 4.08. The molecule has 5 nitrogen and oxygen atoms in total. The van der Waals surface area contributed by atoms with Crippen molar-refractivity contribution in [1.82, 2.24) is 10.2 Å². The number of nitrogens with zero attached hydrogens (tertiary/aromatic N) is 4. The van der Waals surface area contributed by atoms with Gasteiger partial charge in [0.05, 0.1) is 11.9 Å². The van der Waals surface area contributed by atoms with Gasteiger partial charge in [-0.05, 0) is 37.5 Å². The molecule has 0 radical (unpaired) electrons. The third-order valence-corrected chi connectivity index (χ3v) is 5.16. The highest BCUT2D eigenvalue weighted by Crippen LogP contribution is 2.21. The van der Waals surface area contributed by atoms with Crippen LogP contribution >= 0.6 is 0 Å². The molecule has 0 amide bonds. The number of hydrogen-bond acceptors (Lipinski definition) is 5. The first kappa shape index (κ1) is 17.5. The van der Waals surface area contributed by atoms with Gasteiger partial charge in [0.1, 0.15) is 0 Å². The summed E-state index contributed by atoms with van der Waals surface area (Å²) in [5.74, 6) is 0.675. The maximum Gasteiger partial charge on any atom is 0.176 e. The molecule has 0 bridgehead atoms. The maximum atomic E-state index is 4.52. The summed E-state index contributed by atoms with van der Waals surface area (Å²) in [6.07, 6.45) is 7.04. The maximum absolute atomic E-state index is 4.52. The zero-order valence-corrected chi connectivity index (χ0v) is 15.7. The van der Waals surface area contributed by atoms with Crippen molar-refractivity contribution in [1.29, 1.82) is 0 Å². The Balaban J connectivity index is 1.49. The van der Waals surface area contributed by atoms with E-state index >= 15 is 0 Å². The molecule has 5 heteroatoms. The van der Waals surface area contributed by atoms with E-state index in [1.54, 1.807) is 6.20 Å². The summed E-state index contributed by atoms with van der Waals surface area (Å²) in [6, 6.07) is 16.7. The van der Waals surface area contributed by atoms with Gasteiger partial charge >= 0.3 is 0 Å². The molecule has 4 rings (SSSR count). The number of nitrogens with one attached hydrogen (secondary N) is 1. The second-order valence-electron chi connectivity index (χ2n) is 7.04. The average Bonchev–Trinajstić information content (AvgIpc) is 3.02. The first-order valence-corrected chi connectivity index (χ1v) is 9.67. The van der Waals surface area contributed by atoms with Crippen LogP contribution in [-0.4, -0.2) is 29.0 Å². The van der Waals surface area contributed by atoms with E-state index in [0.29, 0.717) is 5.82 Å². The Labute approximate surface area is 160 Å². The monoisotopic (exact) mass is 359 g/mol. The molecule has 0 aliphatic carbocycles. The predicted molar refractivity (Wildman–Crippen MR) is 112 cm³/mol. The van der Waals surface area contributed by atoms with Crippen molar-refractivity contribution < 1.29 is 0 Å². The number of benzene rings is 2. The number of hydrazone groups is 1. The van der Waals surface area contributed by atoms with E-state index in [9.17, 15) is 0 Å². The minimum atomic E-state index is 0.675. The topological polar surface area (TPSA) is 53.4 Å². The summed E-state index contributed by atoms with van der Waals surface area (Å²) >= 11 is 0. The van der Waals surface area contributed by atoms with Crippen molar-refractivity contribution in [2.75, 3.05) is 23.4 Å². The van der Waals surface area contributed by atoms with Gasteiger partial charge in [-0.1, -0.05) is 49.2 Å². The molecule has 0 unspecified atom stereocenters. The summed E-state index contributed by atoms with van der Waals surface area (Å²) in [5.41, 5.74) is 6.41. The van der Waals surface area contributed by atoms with Gasteiger partial charge in [-0.25, -0.2) is 0 Å². The van der Waals surface area contributed by atoms with Crippen molar-refractivity contribution in [3.05, 3.63) is 60.3 Å². The molecule has 1 N–H and O–H groups in total. The molecule has 1 aliphatic heterocycles. The summed E-state index contributed by atoms with van der Waals surface area (Å²) in [4.78, 5) is 2.49. The van der Waals surface area contributed by atoms with E-state index < -0.39 is 0 Å². The molecule has 138 valence electrons. The fraction of sp³-hybridized carbons (Fsp3) is 0.318. The molecule has 0 atom stereocenters. The van der Waals surface area contributed by atoms with Crippen LogP contribution in [0.25, 0.3) is 10.8 Å². The molecule has 1 saturated heterocycles. The van der Waals surface area contributed by atoms with Gasteiger partial charge in [0.25, 0.3) is 0 Å². The molecule has 1 fully saturated rings. The molecular formula is C22H25N5. The smallest absolute Gasteiger partial charge is 0.176 e. The van der Waals surface area contributed by atoms with E-state index in [1.165, 1.54) is 31.4 Å². The van der Waals surface area contributed by atoms with Crippen LogP contribution < -0.4 is 10.3 Å². The SMILES string of the molecule is CC(=NNc1nncc2ccccc12)c1ccc(N2CCCCCC2)cc1. The second-order valence-corrected chi connectivity index (χ2v) is 7.04. The highest BCUT2D eigenvalue weighted by molar-refractivity contribution is 6.00. The lowest BCUT2D eigenvalue weighted by Gasteiger charge is -2.22. The van der Waals surface area contributed by atoms with E-state index in [4.69, 9.17) is 0 Å². The normalized spacial score (nSPS) is 15.6. The second kappa shape index (κ2) is 8.16. The van der Waals surface area contributed by atoms with Gasteiger partial charge < -0.3 is 4.90 Å². The van der Waals surface area contributed by atoms with Crippen molar-refractivity contribution in [3.63, 3.8) is 0 Å². The highest BCUT2D eigenvalue weighted by atomic mass is 15.3. The van der Waals surface area contributed by atoms with Crippen LogP contribution in [0, 0.1) is 0 Å². The standard InChI is InChI=1S/C22H25N5/c1-17(24-26-22-21-9-5-4-8-19(21)16-23-25-22)18-10-12-20(13-11-18)27-14-6-2-3-7-15-27/h4-5,8-13,16H,2-3,6-7,14-15H2,1H3,(H,25,26). The molecule has 1 aliphatic rings. The van der Waals surface area contributed by atoms with Gasteiger partial charge in [0.15, 0.2) is 5.82 Å². The molecule has 1 aromatic heterocycles. The number of rotatable bonds is 4. The number of anilines is 2. The van der Waals surface area contributed by atoms with Gasteiger partial charge in [-0.2, -0.15) is 10.2 Å². The lowest BCUT2D eigenvalue weighted by atomic mass is 10.1. The predicted octanol–water partition coefficient (Wildman–Crippen LogP) is 4.85. The fourth-order valence-electron chi connectivity index (χ4n) is 3.55. The van der Waals surface area contributed by atoms with Crippen LogP contribution in [0.3, 0.4) is 0 Å². The molecule has 0 spiro atoms. The molecular weight excluding hydrogens is 334 g/mol. The van der Waals surface area contributed by atoms with Crippen LogP contribution in [0.4, 0.5) is 11.5 Å². The summed E-state index contributed by atoms with van der Waals surface area (Å²) in [7, 11) is 0. The van der Waals surface area contributed by atoms with Crippen molar-refractivity contribution in [2.24, 2.45) is 5.10 Å². The Morgan fingerprint density at radius 1 is 0.963 bits per heavy atom. The Morgan fingerprint density at radius 3 is 2.48 bits per heavy atom. The minimum Gasteiger partial charge on any atom is -0.372 e. The molecule has 0 saturated carbocycles. The Hall–Kier alpha value is -2.95. The first-order chi connectivity index (χ1) is 13.3. The Morgan fingerprint density at radius 2 is 1.70 bits per heavy atom. The number of hydrogen-bond donors (Lipinski definition) is 1. The van der Waals surface area contributed by atoms with Crippen LogP contribution in [0.15, 0.2) is 59.8 Å². The molecule has 3 aromatic rings. The van der Waals surface area contributed by atoms with Crippen molar-refractivity contribution in [2.45, 2.75) is 32.6 Å². The van der Waals surface area contributed by atoms with E-state index in [1.807, 2.05) is 31.2 Å². The van der Waals surface area contributed by atoms with Crippen LogP contribution in [0.2, 0.25) is 0 Å². The fourth-order valence-corrected chi connectivity index (χ4v) is 3.55. The molecule has 2 heterocycles. The minimum absolute atomic E-state index is 0.675. The van der Waals surface area contributed by atoms with Crippen LogP contribution in [0.1, 0.15) is 38.2 Å². The van der Waals surface area contributed by atoms with Gasteiger partial charge in [-0.3, -0.25) is 5.43 Å². The van der Waals surface area contributed by atoms with Crippen molar-refractivity contribution >= 4 is 28.0 Å². The van der Waals surface area contributed by atoms with Crippen LogP contribution in [0.5, 0.6) is 0 Å². The summed E-state index contributed by atoms with van der Waals surface area (Å²) < 4.78 is 0. The van der Waals surface area contributed by atoms with E-state index in [2.05, 4.69) is 49.9 Å². The largest absolute Gasteiger partial charge is 0.372 e. The van der Waals surface area contributed by atoms with Gasteiger partial charge in [-0.15, -0.1) is 5.10 Å². The zero-order valence-electron chi connectivity index (χ0n) is 15.7. The van der Waals surface area contributed by atoms with Gasteiger partial charge in [0.2, 0.25) is 0 Å². The summed E-state index contributed by atoms with van der Waals surface area (Å²) in [5, 5.41) is 14.8. The lowest BCUT2D eigenvalue weighted by molar-refractivity contribution is 0.726. The van der Waals surface area contributed by atoms with E-state index in [0.717, 1.165) is 35.1 Å². The Bertz CT molecular complexity index is 920. The average molecular weight is 359 g/mol. The van der Waals surface area contributed by atoms with Crippen LogP contribution in [-0.2, 0) is 0 Å². The quantitative estimate of drug-likeness (QED) is 0.535. The van der Waals surface area contributed by atoms with E-state index in [-0.39, 0.29) is 0 Å². The Kier molecular flexibility index (Phi) is 5.28. The molecule has 2 aromatic carbocycles.